The second-order valence-corrected chi connectivity index (χ2v) is 4.25. The number of benzene rings is 2. The van der Waals surface area contributed by atoms with Crippen LogP contribution in [0.1, 0.15) is 19.4 Å². The van der Waals surface area contributed by atoms with Crippen LogP contribution in [-0.4, -0.2) is 6.29 Å². The third kappa shape index (κ3) is 1.65. The largest absolute Gasteiger partial charge is 0.290 e. The van der Waals surface area contributed by atoms with Crippen molar-refractivity contribution < 1.29 is 4.79 Å². The first-order valence-corrected chi connectivity index (χ1v) is 5.03. The Morgan fingerprint density at radius 1 is 1.00 bits per heavy atom. The highest BCUT2D eigenvalue weighted by atomic mass is 16.1. The van der Waals surface area contributed by atoms with Crippen molar-refractivity contribution in [2.75, 3.05) is 0 Å². The molecule has 1 heteroatoms. The van der Waals surface area contributed by atoms with Gasteiger partial charge in [0, 0.05) is 0 Å². The third-order valence-corrected chi connectivity index (χ3v) is 2.72. The average molecular weight is 197 g/mol. The van der Waals surface area contributed by atoms with E-state index in [2.05, 4.69) is 18.4 Å². The van der Waals surface area contributed by atoms with Crippen molar-refractivity contribution in [2.24, 2.45) is 0 Å². The molecule has 0 aliphatic rings. The van der Waals surface area contributed by atoms with Crippen LogP contribution in [-0.2, 0) is 10.2 Å². The third-order valence-electron chi connectivity index (χ3n) is 2.72. The van der Waals surface area contributed by atoms with Gasteiger partial charge in [0.25, 0.3) is 0 Å². The smallest absolute Gasteiger partial charge is 0.209 e. The highest BCUT2D eigenvalue weighted by Crippen LogP contribution is 2.28. The predicted molar refractivity (Wildman–Crippen MR) is 62.7 cm³/mol. The van der Waals surface area contributed by atoms with Crippen LogP contribution in [0.25, 0.3) is 10.8 Å². The van der Waals surface area contributed by atoms with Gasteiger partial charge in [0.1, 0.15) is 0 Å². The van der Waals surface area contributed by atoms with Crippen LogP contribution in [0.3, 0.4) is 0 Å². The van der Waals surface area contributed by atoms with Crippen LogP contribution >= 0.6 is 0 Å². The Morgan fingerprint density at radius 3 is 2.40 bits per heavy atom. The Kier molecular flexibility index (Phi) is 2.31. The molecule has 0 atom stereocenters. The van der Waals surface area contributed by atoms with Crippen LogP contribution < -0.4 is 0 Å². The van der Waals surface area contributed by atoms with Crippen molar-refractivity contribution in [2.45, 2.75) is 19.3 Å². The SMILES string of the molecule is CC(C)([C]=O)c1cccc2ccccc12. The molecule has 0 saturated carbocycles. The molecule has 0 fully saturated rings. The van der Waals surface area contributed by atoms with Gasteiger partial charge in [0.15, 0.2) is 0 Å². The maximum absolute atomic E-state index is 10.9. The van der Waals surface area contributed by atoms with Crippen molar-refractivity contribution in [1.82, 2.24) is 0 Å². The van der Waals surface area contributed by atoms with E-state index in [9.17, 15) is 4.79 Å². The van der Waals surface area contributed by atoms with Crippen LogP contribution in [0.5, 0.6) is 0 Å². The van der Waals surface area contributed by atoms with Gasteiger partial charge in [0.05, 0.1) is 5.41 Å². The molecule has 0 N–H and O–H groups in total. The molecule has 0 heterocycles. The zero-order valence-corrected chi connectivity index (χ0v) is 8.95. The summed E-state index contributed by atoms with van der Waals surface area (Å²) in [5.74, 6) is 0. The van der Waals surface area contributed by atoms with Gasteiger partial charge < -0.3 is 0 Å². The van der Waals surface area contributed by atoms with Gasteiger partial charge in [-0.1, -0.05) is 42.5 Å². The molecule has 0 unspecified atom stereocenters. The first kappa shape index (κ1) is 9.91. The molecule has 0 bridgehead atoms. The van der Waals surface area contributed by atoms with Gasteiger partial charge in [-0.25, -0.2) is 0 Å². The molecular formula is C14H13O. The van der Waals surface area contributed by atoms with Crippen LogP contribution in [0.4, 0.5) is 0 Å². The van der Waals surface area contributed by atoms with Crippen LogP contribution in [0, 0.1) is 0 Å². The van der Waals surface area contributed by atoms with E-state index in [4.69, 9.17) is 0 Å². The standard InChI is InChI=1S/C14H13O/c1-14(2,10-15)13-9-5-7-11-6-3-4-8-12(11)13/h3-9H,1-2H3. The number of fused-ring (bicyclic) bond motifs is 1. The lowest BCUT2D eigenvalue weighted by Crippen LogP contribution is -2.18. The summed E-state index contributed by atoms with van der Waals surface area (Å²) in [7, 11) is 0. The zero-order chi connectivity index (χ0) is 10.9. The Balaban J connectivity index is 2.76. The summed E-state index contributed by atoms with van der Waals surface area (Å²) in [4.78, 5) is 10.9. The quantitative estimate of drug-likeness (QED) is 0.722. The monoisotopic (exact) mass is 197 g/mol. The van der Waals surface area contributed by atoms with E-state index in [-0.39, 0.29) is 0 Å². The fourth-order valence-corrected chi connectivity index (χ4v) is 1.83. The lowest BCUT2D eigenvalue weighted by Gasteiger charge is -2.18. The van der Waals surface area contributed by atoms with E-state index < -0.39 is 5.41 Å². The summed E-state index contributed by atoms with van der Waals surface area (Å²) in [6.07, 6.45) is 2.10. The molecule has 1 radical (unpaired) electrons. The first-order valence-electron chi connectivity index (χ1n) is 5.03. The number of hydrogen-bond acceptors (Lipinski definition) is 1. The molecule has 15 heavy (non-hydrogen) atoms. The maximum Gasteiger partial charge on any atom is 0.209 e. The average Bonchev–Trinajstić information content (AvgIpc) is 2.28. The normalized spacial score (nSPS) is 11.6. The summed E-state index contributed by atoms with van der Waals surface area (Å²) >= 11 is 0. The summed E-state index contributed by atoms with van der Waals surface area (Å²) < 4.78 is 0. The highest BCUT2D eigenvalue weighted by Gasteiger charge is 2.22. The van der Waals surface area contributed by atoms with Gasteiger partial charge in [-0.3, -0.25) is 4.79 Å². The Labute approximate surface area is 89.7 Å². The van der Waals surface area contributed by atoms with Crippen LogP contribution in [0.15, 0.2) is 42.5 Å². The minimum atomic E-state index is -0.541. The van der Waals surface area contributed by atoms with E-state index in [0.29, 0.717) is 0 Å². The van der Waals surface area contributed by atoms with Gasteiger partial charge in [-0.05, 0) is 30.2 Å². The van der Waals surface area contributed by atoms with Crippen molar-refractivity contribution in [3.05, 3.63) is 48.0 Å². The molecule has 0 aliphatic heterocycles. The first-order chi connectivity index (χ1) is 7.15. The van der Waals surface area contributed by atoms with E-state index in [0.717, 1.165) is 10.9 Å². The lowest BCUT2D eigenvalue weighted by molar-refractivity contribution is 0.518. The summed E-state index contributed by atoms with van der Waals surface area (Å²) in [6.45, 7) is 3.78. The second kappa shape index (κ2) is 3.50. The highest BCUT2D eigenvalue weighted by molar-refractivity contribution is 5.89. The molecule has 75 valence electrons. The van der Waals surface area contributed by atoms with Gasteiger partial charge in [-0.15, -0.1) is 0 Å². The minimum Gasteiger partial charge on any atom is -0.290 e. The van der Waals surface area contributed by atoms with E-state index in [1.165, 1.54) is 5.39 Å². The maximum atomic E-state index is 10.9. The summed E-state index contributed by atoms with van der Waals surface area (Å²) in [6, 6.07) is 14.1. The van der Waals surface area contributed by atoms with Gasteiger partial charge in [0.2, 0.25) is 6.29 Å². The van der Waals surface area contributed by atoms with E-state index >= 15 is 0 Å². The zero-order valence-electron chi connectivity index (χ0n) is 8.95. The molecule has 0 spiro atoms. The fourth-order valence-electron chi connectivity index (χ4n) is 1.83. The van der Waals surface area contributed by atoms with Crippen LogP contribution in [0.2, 0.25) is 0 Å². The number of carbonyl (C=O) groups excluding carboxylic acids is 1. The van der Waals surface area contributed by atoms with Gasteiger partial charge >= 0.3 is 0 Å². The Hall–Kier alpha value is -1.63. The number of rotatable bonds is 2. The molecule has 0 aromatic heterocycles. The Bertz CT molecular complexity index is 492. The van der Waals surface area contributed by atoms with Crippen molar-refractivity contribution >= 4 is 17.1 Å². The molecule has 0 amide bonds. The molecule has 2 rings (SSSR count). The topological polar surface area (TPSA) is 17.1 Å². The lowest BCUT2D eigenvalue weighted by atomic mass is 9.83. The fraction of sp³-hybridized carbons (Fsp3) is 0.214. The van der Waals surface area contributed by atoms with E-state index in [1.807, 2.05) is 44.2 Å². The second-order valence-electron chi connectivity index (χ2n) is 4.25. The molecular weight excluding hydrogens is 184 g/mol. The van der Waals surface area contributed by atoms with Gasteiger partial charge in [-0.2, -0.15) is 0 Å². The van der Waals surface area contributed by atoms with Crippen molar-refractivity contribution in [1.29, 1.82) is 0 Å². The predicted octanol–water partition coefficient (Wildman–Crippen LogP) is 3.23. The number of hydrogen-bond donors (Lipinski definition) is 0. The Morgan fingerprint density at radius 2 is 1.67 bits per heavy atom. The van der Waals surface area contributed by atoms with E-state index in [1.54, 1.807) is 0 Å². The molecule has 0 saturated heterocycles. The van der Waals surface area contributed by atoms with Crippen molar-refractivity contribution in [3.63, 3.8) is 0 Å². The molecule has 2 aromatic carbocycles. The summed E-state index contributed by atoms with van der Waals surface area (Å²) in [5, 5.41) is 2.30. The van der Waals surface area contributed by atoms with Crippen molar-refractivity contribution in [3.8, 4) is 0 Å². The molecule has 0 aliphatic carbocycles. The summed E-state index contributed by atoms with van der Waals surface area (Å²) in [5.41, 5.74) is 0.497. The molecule has 1 nitrogen and oxygen atoms in total. The molecule has 2 aromatic rings. The minimum absolute atomic E-state index is 0.541.